The molecule has 0 fully saturated rings. The van der Waals surface area contributed by atoms with Crippen LogP contribution in [0.4, 0.5) is 0 Å². The number of amides is 1. The molecule has 2 aromatic rings. The minimum atomic E-state index is -0.251. The average Bonchev–Trinajstić information content (AvgIpc) is 3.17. The van der Waals surface area contributed by atoms with Gasteiger partial charge in [0.2, 0.25) is 5.91 Å². The number of nitrogens with zero attached hydrogens (tertiary/aromatic N) is 3. The lowest BCUT2D eigenvalue weighted by molar-refractivity contribution is -0.120. The van der Waals surface area contributed by atoms with Crippen LogP contribution in [-0.2, 0) is 4.79 Å². The van der Waals surface area contributed by atoms with Crippen molar-refractivity contribution in [3.8, 4) is 11.4 Å². The predicted molar refractivity (Wildman–Crippen MR) is 107 cm³/mol. The fourth-order valence-electron chi connectivity index (χ4n) is 3.08. The van der Waals surface area contributed by atoms with Gasteiger partial charge in [-0.1, -0.05) is 29.5 Å². The molecule has 0 spiro atoms. The van der Waals surface area contributed by atoms with E-state index in [4.69, 9.17) is 4.74 Å². The highest BCUT2D eigenvalue weighted by atomic mass is 32.2. The van der Waals surface area contributed by atoms with Gasteiger partial charge < -0.3 is 10.1 Å². The van der Waals surface area contributed by atoms with Gasteiger partial charge in [-0.25, -0.2) is 0 Å². The van der Waals surface area contributed by atoms with Gasteiger partial charge >= 0.3 is 0 Å². The van der Waals surface area contributed by atoms with E-state index < -0.39 is 0 Å². The van der Waals surface area contributed by atoms with Crippen LogP contribution in [0.3, 0.4) is 0 Å². The van der Waals surface area contributed by atoms with Gasteiger partial charge in [0, 0.05) is 12.6 Å². The Labute approximate surface area is 164 Å². The van der Waals surface area contributed by atoms with Crippen LogP contribution < -0.4 is 10.1 Å². The molecule has 1 N–H and O–H groups in total. The highest BCUT2D eigenvalue weighted by Gasteiger charge is 2.18. The summed E-state index contributed by atoms with van der Waals surface area (Å²) in [4.78, 5) is 12.4. The summed E-state index contributed by atoms with van der Waals surface area (Å²) < 4.78 is 7.14. The fraction of sp³-hybridized carbons (Fsp3) is 0.450. The Bertz CT molecular complexity index is 803. The van der Waals surface area contributed by atoms with Gasteiger partial charge in [-0.3, -0.25) is 9.36 Å². The Kier molecular flexibility index (Phi) is 6.92. The molecule has 6 nitrogen and oxygen atoms in total. The van der Waals surface area contributed by atoms with Crippen molar-refractivity contribution in [3.63, 3.8) is 0 Å². The Balaban J connectivity index is 1.56. The molecule has 1 aromatic carbocycles. The largest absolute Gasteiger partial charge is 0.497 e. The third-order valence-corrected chi connectivity index (χ3v) is 5.69. The second-order valence-electron chi connectivity index (χ2n) is 6.59. The van der Waals surface area contributed by atoms with Crippen LogP contribution in [0, 0.1) is 0 Å². The molecule has 0 saturated heterocycles. The fourth-order valence-corrected chi connectivity index (χ4v) is 3.94. The maximum atomic E-state index is 12.4. The van der Waals surface area contributed by atoms with E-state index in [1.165, 1.54) is 43.0 Å². The zero-order chi connectivity index (χ0) is 19.1. The highest BCUT2D eigenvalue weighted by molar-refractivity contribution is 8.00. The molecule has 7 heteroatoms. The lowest BCUT2D eigenvalue weighted by Gasteiger charge is -2.15. The second kappa shape index (κ2) is 9.60. The summed E-state index contributed by atoms with van der Waals surface area (Å²) in [7, 11) is 1.64. The number of aromatic nitrogens is 3. The predicted octanol–water partition coefficient (Wildman–Crippen LogP) is 3.76. The van der Waals surface area contributed by atoms with E-state index >= 15 is 0 Å². The van der Waals surface area contributed by atoms with E-state index in [2.05, 4.69) is 21.6 Å². The van der Waals surface area contributed by atoms with Crippen LogP contribution in [0.2, 0.25) is 0 Å². The maximum Gasteiger partial charge on any atom is 0.233 e. The summed E-state index contributed by atoms with van der Waals surface area (Å²) in [5.41, 5.74) is 2.37. The molecule has 0 aliphatic heterocycles. The van der Waals surface area contributed by atoms with Gasteiger partial charge in [-0.15, -0.1) is 10.2 Å². The minimum Gasteiger partial charge on any atom is -0.497 e. The first-order chi connectivity index (χ1) is 13.2. The lowest BCUT2D eigenvalue weighted by Crippen LogP contribution is -2.32. The van der Waals surface area contributed by atoms with Crippen molar-refractivity contribution in [2.45, 2.75) is 49.4 Å². The Morgan fingerprint density at radius 1 is 1.41 bits per heavy atom. The summed E-state index contributed by atoms with van der Waals surface area (Å²) in [6, 6.07) is 7.67. The zero-order valence-corrected chi connectivity index (χ0v) is 16.7. The first kappa shape index (κ1) is 19.5. The number of benzene rings is 1. The molecular formula is C20H26N4O2S. The molecule has 27 heavy (non-hydrogen) atoms. The van der Waals surface area contributed by atoms with Crippen LogP contribution in [0.15, 0.2) is 47.4 Å². The first-order valence-electron chi connectivity index (χ1n) is 9.34. The van der Waals surface area contributed by atoms with Gasteiger partial charge in [0.15, 0.2) is 5.16 Å². The van der Waals surface area contributed by atoms with Gasteiger partial charge in [0.25, 0.3) is 0 Å². The number of methoxy groups -OCH3 is 1. The highest BCUT2D eigenvalue weighted by Crippen LogP contribution is 2.25. The quantitative estimate of drug-likeness (QED) is 0.553. The normalized spacial score (nSPS) is 15.1. The van der Waals surface area contributed by atoms with E-state index in [-0.39, 0.29) is 11.2 Å². The minimum absolute atomic E-state index is 0.0246. The number of carbonyl (C=O) groups is 1. The van der Waals surface area contributed by atoms with E-state index in [1.807, 2.05) is 35.8 Å². The average molecular weight is 387 g/mol. The molecule has 0 saturated carbocycles. The third kappa shape index (κ3) is 5.35. The number of hydrogen-bond acceptors (Lipinski definition) is 5. The van der Waals surface area contributed by atoms with Gasteiger partial charge in [0.1, 0.15) is 12.1 Å². The van der Waals surface area contributed by atoms with Crippen molar-refractivity contribution in [1.82, 2.24) is 20.1 Å². The van der Waals surface area contributed by atoms with Crippen molar-refractivity contribution in [2.24, 2.45) is 0 Å². The molecule has 1 atom stereocenters. The summed E-state index contributed by atoms with van der Waals surface area (Å²) >= 11 is 1.40. The Morgan fingerprint density at radius 2 is 2.30 bits per heavy atom. The van der Waals surface area contributed by atoms with Crippen LogP contribution >= 0.6 is 11.8 Å². The van der Waals surface area contributed by atoms with Crippen molar-refractivity contribution >= 4 is 17.7 Å². The SMILES string of the molecule is COc1cccc(-n2cnnc2SC(C)C(=O)NCCC2=CCCCC2)c1. The van der Waals surface area contributed by atoms with Crippen LogP contribution in [0.1, 0.15) is 39.0 Å². The summed E-state index contributed by atoms with van der Waals surface area (Å²) in [6.07, 6.45) is 9.83. The molecule has 1 aliphatic carbocycles. The monoisotopic (exact) mass is 386 g/mol. The van der Waals surface area contributed by atoms with Gasteiger partial charge in [-0.05, 0) is 51.2 Å². The number of ether oxygens (including phenoxy) is 1. The molecule has 144 valence electrons. The summed E-state index contributed by atoms with van der Waals surface area (Å²) in [5, 5.41) is 11.6. The number of nitrogens with one attached hydrogen (secondary N) is 1. The number of thioether (sulfide) groups is 1. The summed E-state index contributed by atoms with van der Waals surface area (Å²) in [6.45, 7) is 2.59. The van der Waals surface area contributed by atoms with E-state index in [9.17, 15) is 4.79 Å². The lowest BCUT2D eigenvalue weighted by atomic mass is 9.97. The topological polar surface area (TPSA) is 69.0 Å². The number of rotatable bonds is 8. The van der Waals surface area contributed by atoms with E-state index in [0.29, 0.717) is 11.7 Å². The third-order valence-electron chi connectivity index (χ3n) is 4.63. The van der Waals surface area contributed by atoms with Crippen molar-refractivity contribution in [2.75, 3.05) is 13.7 Å². The van der Waals surface area contributed by atoms with Crippen LogP contribution in [0.5, 0.6) is 5.75 Å². The molecule has 1 amide bonds. The van der Waals surface area contributed by atoms with Crippen LogP contribution in [0.25, 0.3) is 5.69 Å². The number of hydrogen-bond donors (Lipinski definition) is 1. The maximum absolute atomic E-state index is 12.4. The molecule has 0 radical (unpaired) electrons. The Hall–Kier alpha value is -2.28. The number of allylic oxidation sites excluding steroid dienone is 1. The first-order valence-corrected chi connectivity index (χ1v) is 10.2. The molecule has 3 rings (SSSR count). The van der Waals surface area contributed by atoms with Crippen molar-refractivity contribution in [3.05, 3.63) is 42.2 Å². The van der Waals surface area contributed by atoms with Gasteiger partial charge in [-0.2, -0.15) is 0 Å². The molecular weight excluding hydrogens is 360 g/mol. The molecule has 1 heterocycles. The van der Waals surface area contributed by atoms with E-state index in [1.54, 1.807) is 13.4 Å². The second-order valence-corrected chi connectivity index (χ2v) is 7.90. The van der Waals surface area contributed by atoms with E-state index in [0.717, 1.165) is 17.9 Å². The smallest absolute Gasteiger partial charge is 0.233 e. The molecule has 1 aromatic heterocycles. The molecule has 1 unspecified atom stereocenters. The van der Waals surface area contributed by atoms with Crippen LogP contribution in [-0.4, -0.2) is 39.6 Å². The van der Waals surface area contributed by atoms with Gasteiger partial charge in [0.05, 0.1) is 18.0 Å². The standard InChI is InChI=1S/C20H26N4O2S/c1-15(19(25)21-12-11-16-7-4-3-5-8-16)27-20-23-22-14-24(20)17-9-6-10-18(13-17)26-2/h6-7,9-10,13-15H,3-5,8,11-12H2,1-2H3,(H,21,25). The number of carbonyl (C=O) groups excluding carboxylic acids is 1. The summed E-state index contributed by atoms with van der Waals surface area (Å²) in [5.74, 6) is 0.788. The van der Waals surface area contributed by atoms with Crippen molar-refractivity contribution < 1.29 is 9.53 Å². The zero-order valence-electron chi connectivity index (χ0n) is 15.9. The molecule has 1 aliphatic rings. The van der Waals surface area contributed by atoms with Crippen molar-refractivity contribution in [1.29, 1.82) is 0 Å². The molecule has 0 bridgehead atoms. The Morgan fingerprint density at radius 3 is 3.07 bits per heavy atom.